The average Bonchev–Trinajstić information content (AvgIpc) is 2.34. The van der Waals surface area contributed by atoms with Crippen LogP contribution in [0.3, 0.4) is 0 Å². The van der Waals surface area contributed by atoms with Crippen molar-refractivity contribution in [3.05, 3.63) is 18.0 Å². The van der Waals surface area contributed by atoms with E-state index in [9.17, 15) is 0 Å². The smallest absolute Gasteiger partial charge is 0.105 e. The van der Waals surface area contributed by atoms with Crippen LogP contribution in [0.1, 0.15) is 11.7 Å². The molecule has 0 amide bonds. The van der Waals surface area contributed by atoms with E-state index in [0.717, 1.165) is 0 Å². The summed E-state index contributed by atoms with van der Waals surface area (Å²) in [6.45, 7) is -0.258. The van der Waals surface area contributed by atoms with Crippen LogP contribution in [0.5, 0.6) is 0 Å². The SMILES string of the molecule is Cn1cc(C(O)CO)cn1. The van der Waals surface area contributed by atoms with Gasteiger partial charge in [0.2, 0.25) is 0 Å². The summed E-state index contributed by atoms with van der Waals surface area (Å²) in [6.07, 6.45) is 2.40. The second-order valence-electron chi connectivity index (χ2n) is 2.15. The van der Waals surface area contributed by atoms with Crippen LogP contribution in [0.4, 0.5) is 0 Å². The summed E-state index contributed by atoms with van der Waals surface area (Å²) >= 11 is 0. The molecule has 1 rings (SSSR count). The number of aliphatic hydroxyl groups excluding tert-OH is 2. The highest BCUT2D eigenvalue weighted by Gasteiger charge is 2.06. The van der Waals surface area contributed by atoms with Crippen molar-refractivity contribution in [1.82, 2.24) is 9.78 Å². The van der Waals surface area contributed by atoms with E-state index in [1.165, 1.54) is 6.20 Å². The molecule has 10 heavy (non-hydrogen) atoms. The van der Waals surface area contributed by atoms with Gasteiger partial charge >= 0.3 is 0 Å². The van der Waals surface area contributed by atoms with Crippen LogP contribution >= 0.6 is 0 Å². The molecule has 4 nitrogen and oxygen atoms in total. The number of aromatic nitrogens is 2. The van der Waals surface area contributed by atoms with Gasteiger partial charge in [0.1, 0.15) is 6.10 Å². The van der Waals surface area contributed by atoms with E-state index < -0.39 is 6.10 Å². The third-order valence-electron chi connectivity index (χ3n) is 1.28. The minimum absolute atomic E-state index is 0.258. The maximum absolute atomic E-state index is 9.04. The van der Waals surface area contributed by atoms with Crippen molar-refractivity contribution in [2.75, 3.05) is 6.61 Å². The van der Waals surface area contributed by atoms with Crippen molar-refractivity contribution in [1.29, 1.82) is 0 Å². The lowest BCUT2D eigenvalue weighted by molar-refractivity contribution is 0.0955. The van der Waals surface area contributed by atoms with Crippen molar-refractivity contribution in [3.63, 3.8) is 0 Å². The standard InChI is InChI=1S/C6H10N2O2/c1-8-3-5(2-7-8)6(10)4-9/h2-3,6,9-10H,4H2,1H3. The van der Waals surface area contributed by atoms with Crippen LogP contribution in [0, 0.1) is 0 Å². The maximum Gasteiger partial charge on any atom is 0.105 e. The van der Waals surface area contributed by atoms with Crippen LogP contribution in [-0.4, -0.2) is 26.6 Å². The van der Waals surface area contributed by atoms with Crippen LogP contribution in [0.2, 0.25) is 0 Å². The first-order valence-electron chi connectivity index (χ1n) is 3.01. The summed E-state index contributed by atoms with van der Waals surface area (Å²) in [5, 5.41) is 21.4. The molecule has 0 aliphatic carbocycles. The molecule has 1 aromatic rings. The van der Waals surface area contributed by atoms with E-state index >= 15 is 0 Å². The number of hydrogen-bond donors (Lipinski definition) is 2. The van der Waals surface area contributed by atoms with E-state index in [4.69, 9.17) is 10.2 Å². The predicted octanol–water partition coefficient (Wildman–Crippen LogP) is -0.554. The lowest BCUT2D eigenvalue weighted by Gasteiger charge is -2.00. The van der Waals surface area contributed by atoms with Crippen molar-refractivity contribution in [2.45, 2.75) is 6.10 Å². The number of nitrogens with zero attached hydrogens (tertiary/aromatic N) is 2. The number of rotatable bonds is 2. The minimum Gasteiger partial charge on any atom is -0.393 e. The first-order chi connectivity index (χ1) is 4.74. The minimum atomic E-state index is -0.798. The number of aryl methyl sites for hydroxylation is 1. The Balaban J connectivity index is 2.74. The van der Waals surface area contributed by atoms with Gasteiger partial charge in [-0.2, -0.15) is 5.10 Å². The fourth-order valence-corrected chi connectivity index (χ4v) is 0.718. The summed E-state index contributed by atoms with van der Waals surface area (Å²) < 4.78 is 1.58. The van der Waals surface area contributed by atoms with Crippen LogP contribution in [0.15, 0.2) is 12.4 Å². The molecule has 0 bridgehead atoms. The molecule has 1 aromatic heterocycles. The normalized spacial score (nSPS) is 13.5. The molecule has 1 unspecified atom stereocenters. The summed E-state index contributed by atoms with van der Waals surface area (Å²) in [7, 11) is 1.76. The molecule has 0 saturated carbocycles. The van der Waals surface area contributed by atoms with Gasteiger partial charge in [-0.1, -0.05) is 0 Å². The van der Waals surface area contributed by atoms with E-state index in [1.807, 2.05) is 0 Å². The molecule has 0 saturated heterocycles. The van der Waals surface area contributed by atoms with Crippen LogP contribution < -0.4 is 0 Å². The van der Waals surface area contributed by atoms with E-state index in [2.05, 4.69) is 5.10 Å². The van der Waals surface area contributed by atoms with E-state index in [-0.39, 0.29) is 6.61 Å². The van der Waals surface area contributed by atoms with Gasteiger partial charge < -0.3 is 10.2 Å². The second kappa shape index (κ2) is 2.81. The maximum atomic E-state index is 9.04. The molecule has 4 heteroatoms. The summed E-state index contributed by atoms with van der Waals surface area (Å²) in [4.78, 5) is 0. The van der Waals surface area contributed by atoms with Crippen LogP contribution in [0.25, 0.3) is 0 Å². The molecular formula is C6H10N2O2. The molecule has 0 radical (unpaired) electrons. The fraction of sp³-hybridized carbons (Fsp3) is 0.500. The van der Waals surface area contributed by atoms with Gasteiger partial charge in [0.15, 0.2) is 0 Å². The molecule has 1 heterocycles. The molecule has 56 valence electrons. The summed E-state index contributed by atoms with van der Waals surface area (Å²) in [5.41, 5.74) is 0.644. The molecule has 0 aromatic carbocycles. The van der Waals surface area contributed by atoms with Gasteiger partial charge in [-0.25, -0.2) is 0 Å². The first-order valence-corrected chi connectivity index (χ1v) is 3.01. The average molecular weight is 142 g/mol. The number of hydrogen-bond acceptors (Lipinski definition) is 3. The highest BCUT2D eigenvalue weighted by atomic mass is 16.3. The van der Waals surface area contributed by atoms with Crippen molar-refractivity contribution in [3.8, 4) is 0 Å². The van der Waals surface area contributed by atoms with Gasteiger partial charge in [-0.3, -0.25) is 4.68 Å². The van der Waals surface area contributed by atoms with Gasteiger partial charge in [0.05, 0.1) is 12.8 Å². The Morgan fingerprint density at radius 2 is 2.50 bits per heavy atom. The quantitative estimate of drug-likeness (QED) is 0.582. The summed E-state index contributed by atoms with van der Waals surface area (Å²) in [5.74, 6) is 0. The first kappa shape index (κ1) is 7.24. The highest BCUT2D eigenvalue weighted by Crippen LogP contribution is 2.08. The largest absolute Gasteiger partial charge is 0.393 e. The molecule has 0 aliphatic heterocycles. The lowest BCUT2D eigenvalue weighted by atomic mass is 10.2. The Kier molecular flexibility index (Phi) is 2.03. The highest BCUT2D eigenvalue weighted by molar-refractivity contribution is 5.07. The predicted molar refractivity (Wildman–Crippen MR) is 35.3 cm³/mol. The van der Waals surface area contributed by atoms with Gasteiger partial charge in [0.25, 0.3) is 0 Å². The molecule has 0 aliphatic rings. The lowest BCUT2D eigenvalue weighted by Crippen LogP contribution is -2.00. The van der Waals surface area contributed by atoms with Crippen molar-refractivity contribution in [2.24, 2.45) is 7.05 Å². The van der Waals surface area contributed by atoms with Gasteiger partial charge in [-0.15, -0.1) is 0 Å². The third kappa shape index (κ3) is 1.34. The third-order valence-corrected chi connectivity index (χ3v) is 1.28. The van der Waals surface area contributed by atoms with Crippen molar-refractivity contribution < 1.29 is 10.2 Å². The second-order valence-corrected chi connectivity index (χ2v) is 2.15. The fourth-order valence-electron chi connectivity index (χ4n) is 0.718. The van der Waals surface area contributed by atoms with E-state index in [0.29, 0.717) is 5.56 Å². The Bertz CT molecular complexity index is 209. The Hall–Kier alpha value is -0.870. The molecule has 0 fully saturated rings. The summed E-state index contributed by atoms with van der Waals surface area (Å²) in [6, 6.07) is 0. The molecule has 2 N–H and O–H groups in total. The Labute approximate surface area is 58.7 Å². The zero-order valence-corrected chi connectivity index (χ0v) is 5.73. The zero-order chi connectivity index (χ0) is 7.56. The van der Waals surface area contributed by atoms with Crippen molar-refractivity contribution >= 4 is 0 Å². The number of aliphatic hydroxyl groups is 2. The molecule has 0 spiro atoms. The molecular weight excluding hydrogens is 132 g/mol. The Morgan fingerprint density at radius 1 is 1.80 bits per heavy atom. The van der Waals surface area contributed by atoms with Gasteiger partial charge in [0, 0.05) is 18.8 Å². The van der Waals surface area contributed by atoms with Gasteiger partial charge in [-0.05, 0) is 0 Å². The van der Waals surface area contributed by atoms with E-state index in [1.54, 1.807) is 17.9 Å². The van der Waals surface area contributed by atoms with Crippen LogP contribution in [-0.2, 0) is 7.05 Å². The Morgan fingerprint density at radius 3 is 2.90 bits per heavy atom. The monoisotopic (exact) mass is 142 g/mol. The zero-order valence-electron chi connectivity index (χ0n) is 5.73. The molecule has 1 atom stereocenters. The topological polar surface area (TPSA) is 58.3 Å².